The van der Waals surface area contributed by atoms with Crippen molar-refractivity contribution >= 4 is 21.6 Å². The number of anilines is 1. The summed E-state index contributed by atoms with van der Waals surface area (Å²) in [5.41, 5.74) is 0.504. The van der Waals surface area contributed by atoms with Crippen LogP contribution in [0.25, 0.3) is 0 Å². The summed E-state index contributed by atoms with van der Waals surface area (Å²) in [5.74, 6) is 1.36. The van der Waals surface area contributed by atoms with Crippen LogP contribution < -0.4 is 19.5 Å². The topological polar surface area (TPSA) is 94.2 Å². The summed E-state index contributed by atoms with van der Waals surface area (Å²) < 4.78 is 43.2. The van der Waals surface area contributed by atoms with Crippen molar-refractivity contribution < 1.29 is 27.4 Å². The van der Waals surface area contributed by atoms with Crippen LogP contribution in [-0.2, 0) is 14.8 Å². The number of carbonyl (C=O) groups excluding carboxylic acids is 1. The molecule has 160 valence electrons. The van der Waals surface area contributed by atoms with Crippen LogP contribution >= 0.6 is 0 Å². The zero-order valence-corrected chi connectivity index (χ0v) is 17.3. The second kappa shape index (κ2) is 8.93. The summed E-state index contributed by atoms with van der Waals surface area (Å²) in [6.07, 6.45) is 3.89. The van der Waals surface area contributed by atoms with E-state index >= 15 is 0 Å². The number of benzene rings is 2. The fraction of sp³-hybridized carbons (Fsp3) is 0.381. The zero-order chi connectivity index (χ0) is 21.0. The van der Waals surface area contributed by atoms with E-state index in [1.165, 1.54) is 12.1 Å². The third kappa shape index (κ3) is 4.68. The number of carbonyl (C=O) groups is 1. The Kier molecular flexibility index (Phi) is 6.10. The first kappa shape index (κ1) is 20.5. The molecule has 8 nitrogen and oxygen atoms in total. The van der Waals surface area contributed by atoms with Gasteiger partial charge < -0.3 is 19.5 Å². The highest BCUT2D eigenvalue weighted by Crippen LogP contribution is 2.35. The smallest absolute Gasteiger partial charge is 0.262 e. The molecule has 0 spiro atoms. The minimum Gasteiger partial charge on any atom is -0.484 e. The Morgan fingerprint density at radius 2 is 1.67 bits per heavy atom. The molecule has 2 aliphatic rings. The first-order valence-electron chi connectivity index (χ1n) is 9.95. The van der Waals surface area contributed by atoms with E-state index in [0.29, 0.717) is 36.0 Å². The van der Waals surface area contributed by atoms with E-state index < -0.39 is 10.0 Å². The van der Waals surface area contributed by atoms with Gasteiger partial charge in [0.15, 0.2) is 18.1 Å². The van der Waals surface area contributed by atoms with Crippen LogP contribution in [0, 0.1) is 0 Å². The van der Waals surface area contributed by atoms with Crippen molar-refractivity contribution in [3.8, 4) is 17.2 Å². The van der Waals surface area contributed by atoms with Gasteiger partial charge in [0.25, 0.3) is 5.91 Å². The monoisotopic (exact) mass is 432 g/mol. The molecule has 30 heavy (non-hydrogen) atoms. The largest absolute Gasteiger partial charge is 0.484 e. The SMILES string of the molecule is O=C(COc1ccc2c(c1)OCO2)Nc1ccc(S(=O)(=O)N2CCCCCC2)cc1. The highest BCUT2D eigenvalue weighted by atomic mass is 32.2. The fourth-order valence-electron chi connectivity index (χ4n) is 3.45. The summed E-state index contributed by atoms with van der Waals surface area (Å²) in [5, 5.41) is 2.70. The van der Waals surface area contributed by atoms with Crippen molar-refractivity contribution in [2.45, 2.75) is 30.6 Å². The number of sulfonamides is 1. The quantitative estimate of drug-likeness (QED) is 0.754. The lowest BCUT2D eigenvalue weighted by Gasteiger charge is -2.20. The third-order valence-electron chi connectivity index (χ3n) is 5.05. The molecule has 0 radical (unpaired) electrons. The molecule has 1 N–H and O–H groups in total. The van der Waals surface area contributed by atoms with Crippen molar-refractivity contribution in [1.82, 2.24) is 4.31 Å². The third-order valence-corrected chi connectivity index (χ3v) is 6.97. The van der Waals surface area contributed by atoms with Gasteiger partial charge in [-0.2, -0.15) is 4.31 Å². The van der Waals surface area contributed by atoms with Crippen LogP contribution in [0.1, 0.15) is 25.7 Å². The zero-order valence-electron chi connectivity index (χ0n) is 16.5. The normalized spacial score (nSPS) is 16.7. The Labute approximate surface area is 175 Å². The predicted octanol–water partition coefficient (Wildman–Crippen LogP) is 3.00. The minimum absolute atomic E-state index is 0.169. The van der Waals surface area contributed by atoms with Gasteiger partial charge in [0.05, 0.1) is 4.90 Å². The van der Waals surface area contributed by atoms with Crippen molar-refractivity contribution in [2.75, 3.05) is 31.8 Å². The molecule has 2 heterocycles. The van der Waals surface area contributed by atoms with Crippen molar-refractivity contribution in [3.63, 3.8) is 0 Å². The minimum atomic E-state index is -3.51. The van der Waals surface area contributed by atoms with Crippen molar-refractivity contribution in [1.29, 1.82) is 0 Å². The number of rotatable bonds is 6. The van der Waals surface area contributed by atoms with E-state index in [1.54, 1.807) is 34.6 Å². The van der Waals surface area contributed by atoms with E-state index in [4.69, 9.17) is 14.2 Å². The number of hydrogen-bond acceptors (Lipinski definition) is 6. The average Bonchev–Trinajstić information content (AvgIpc) is 3.03. The maximum Gasteiger partial charge on any atom is 0.262 e. The summed E-state index contributed by atoms with van der Waals surface area (Å²) >= 11 is 0. The lowest BCUT2D eigenvalue weighted by Crippen LogP contribution is -2.31. The molecule has 1 saturated heterocycles. The molecule has 2 aliphatic heterocycles. The van der Waals surface area contributed by atoms with Crippen LogP contribution in [0.2, 0.25) is 0 Å². The van der Waals surface area contributed by atoms with Crippen LogP contribution in [0.3, 0.4) is 0 Å². The van der Waals surface area contributed by atoms with E-state index in [0.717, 1.165) is 25.7 Å². The summed E-state index contributed by atoms with van der Waals surface area (Å²) in [4.78, 5) is 12.4. The highest BCUT2D eigenvalue weighted by Gasteiger charge is 2.25. The Morgan fingerprint density at radius 3 is 2.40 bits per heavy atom. The molecule has 1 fully saturated rings. The van der Waals surface area contributed by atoms with Gasteiger partial charge in [-0.3, -0.25) is 4.79 Å². The molecule has 0 saturated carbocycles. The van der Waals surface area contributed by atoms with Crippen LogP contribution in [0.5, 0.6) is 17.2 Å². The molecule has 0 aliphatic carbocycles. The van der Waals surface area contributed by atoms with Gasteiger partial charge in [-0.15, -0.1) is 0 Å². The fourth-order valence-corrected chi connectivity index (χ4v) is 4.97. The highest BCUT2D eigenvalue weighted by molar-refractivity contribution is 7.89. The molecule has 0 unspecified atom stereocenters. The van der Waals surface area contributed by atoms with E-state index in [2.05, 4.69) is 5.32 Å². The average molecular weight is 432 g/mol. The molecular formula is C21H24N2O6S. The summed E-state index contributed by atoms with van der Waals surface area (Å²) in [7, 11) is -3.51. The summed E-state index contributed by atoms with van der Waals surface area (Å²) in [6.45, 7) is 1.09. The molecule has 1 amide bonds. The second-order valence-electron chi connectivity index (χ2n) is 7.19. The molecule has 2 aromatic carbocycles. The molecule has 0 bridgehead atoms. The number of nitrogens with one attached hydrogen (secondary N) is 1. The number of hydrogen-bond donors (Lipinski definition) is 1. The van der Waals surface area contributed by atoms with Gasteiger partial charge in [0.1, 0.15) is 5.75 Å². The van der Waals surface area contributed by atoms with Gasteiger partial charge >= 0.3 is 0 Å². The van der Waals surface area contributed by atoms with Gasteiger partial charge in [0, 0.05) is 24.8 Å². The van der Waals surface area contributed by atoms with E-state index in [1.807, 2.05) is 0 Å². The maximum atomic E-state index is 12.8. The number of amides is 1. The lowest BCUT2D eigenvalue weighted by molar-refractivity contribution is -0.118. The number of ether oxygens (including phenoxy) is 3. The number of fused-ring (bicyclic) bond motifs is 1. The number of nitrogens with zero attached hydrogens (tertiary/aromatic N) is 1. The van der Waals surface area contributed by atoms with Gasteiger partial charge in [-0.25, -0.2) is 8.42 Å². The van der Waals surface area contributed by atoms with Gasteiger partial charge in [0.2, 0.25) is 16.8 Å². The van der Waals surface area contributed by atoms with Gasteiger partial charge in [-0.05, 0) is 49.2 Å². The van der Waals surface area contributed by atoms with Crippen molar-refractivity contribution in [3.05, 3.63) is 42.5 Å². The lowest BCUT2D eigenvalue weighted by atomic mass is 10.2. The van der Waals surface area contributed by atoms with Crippen LogP contribution in [0.4, 0.5) is 5.69 Å². The first-order chi connectivity index (χ1) is 14.5. The Morgan fingerprint density at radius 1 is 0.967 bits per heavy atom. The molecule has 0 atom stereocenters. The van der Waals surface area contributed by atoms with Crippen LogP contribution in [-0.4, -0.2) is 45.1 Å². The molecule has 9 heteroatoms. The van der Waals surface area contributed by atoms with E-state index in [9.17, 15) is 13.2 Å². The first-order valence-corrected chi connectivity index (χ1v) is 11.4. The standard InChI is InChI=1S/C21H24N2O6S/c24-21(14-27-17-7-10-19-20(13-17)29-15-28-19)22-16-5-8-18(9-6-16)30(25,26)23-11-3-1-2-4-12-23/h5-10,13H,1-4,11-12,14-15H2,(H,22,24). The summed E-state index contributed by atoms with van der Waals surface area (Å²) in [6, 6.07) is 11.3. The molecule has 0 aromatic heterocycles. The molecule has 4 rings (SSSR count). The predicted molar refractivity (Wildman–Crippen MR) is 110 cm³/mol. The van der Waals surface area contributed by atoms with Crippen LogP contribution in [0.15, 0.2) is 47.4 Å². The second-order valence-corrected chi connectivity index (χ2v) is 9.13. The Balaban J connectivity index is 1.33. The van der Waals surface area contributed by atoms with Crippen molar-refractivity contribution in [2.24, 2.45) is 0 Å². The molecule has 2 aromatic rings. The maximum absolute atomic E-state index is 12.8. The van der Waals surface area contributed by atoms with Gasteiger partial charge in [-0.1, -0.05) is 12.8 Å². The Hall–Kier alpha value is -2.78. The molecular weight excluding hydrogens is 408 g/mol. The van der Waals surface area contributed by atoms with E-state index in [-0.39, 0.29) is 24.2 Å². The Bertz CT molecular complexity index is 999.